The first kappa shape index (κ1) is 11.4. The number of methoxy groups -OCH3 is 1. The van der Waals surface area contributed by atoms with Crippen molar-refractivity contribution in [3.8, 4) is 5.75 Å². The molecule has 1 saturated carbocycles. The zero-order valence-corrected chi connectivity index (χ0v) is 9.83. The molecule has 90 valence electrons. The van der Waals surface area contributed by atoms with Crippen LogP contribution in [0.3, 0.4) is 0 Å². The minimum Gasteiger partial charge on any atom is -0.484 e. The van der Waals surface area contributed by atoms with Crippen LogP contribution in [0.2, 0.25) is 0 Å². The minimum atomic E-state index is -0.407. The summed E-state index contributed by atoms with van der Waals surface area (Å²) in [5, 5.41) is 13.6. The Kier molecular flexibility index (Phi) is 3.16. The number of hydrogen-bond acceptors (Lipinski definition) is 4. The number of aliphatic hydroxyl groups is 1. The van der Waals surface area contributed by atoms with Crippen LogP contribution >= 0.6 is 0 Å². The SMILES string of the molecule is COC1C(O)CC1Oc1cnn(C(C)C)c1. The summed E-state index contributed by atoms with van der Waals surface area (Å²) in [4.78, 5) is 0. The van der Waals surface area contributed by atoms with Crippen LogP contribution in [0.25, 0.3) is 0 Å². The van der Waals surface area contributed by atoms with Crippen LogP contribution in [-0.4, -0.2) is 40.3 Å². The highest BCUT2D eigenvalue weighted by Crippen LogP contribution is 2.28. The largest absolute Gasteiger partial charge is 0.484 e. The molecule has 0 saturated heterocycles. The van der Waals surface area contributed by atoms with Crippen molar-refractivity contribution < 1.29 is 14.6 Å². The van der Waals surface area contributed by atoms with Gasteiger partial charge in [-0.1, -0.05) is 0 Å². The lowest BCUT2D eigenvalue weighted by Gasteiger charge is -2.39. The number of aliphatic hydroxyl groups excluding tert-OH is 1. The molecule has 1 aliphatic carbocycles. The maximum Gasteiger partial charge on any atom is 0.157 e. The molecule has 1 N–H and O–H groups in total. The molecule has 0 spiro atoms. The van der Waals surface area contributed by atoms with E-state index in [2.05, 4.69) is 18.9 Å². The van der Waals surface area contributed by atoms with Gasteiger partial charge in [-0.3, -0.25) is 4.68 Å². The zero-order chi connectivity index (χ0) is 11.7. The summed E-state index contributed by atoms with van der Waals surface area (Å²) >= 11 is 0. The average molecular weight is 226 g/mol. The first-order valence-corrected chi connectivity index (χ1v) is 5.53. The van der Waals surface area contributed by atoms with Gasteiger partial charge in [0.15, 0.2) is 5.75 Å². The molecule has 1 fully saturated rings. The molecule has 1 aromatic rings. The second-order valence-corrected chi connectivity index (χ2v) is 4.41. The Balaban J connectivity index is 1.94. The number of hydrogen-bond donors (Lipinski definition) is 1. The number of rotatable bonds is 4. The molecule has 3 unspecified atom stereocenters. The van der Waals surface area contributed by atoms with Crippen molar-refractivity contribution in [1.29, 1.82) is 0 Å². The molecule has 16 heavy (non-hydrogen) atoms. The van der Waals surface area contributed by atoms with E-state index in [1.807, 2.05) is 10.9 Å². The molecule has 0 bridgehead atoms. The predicted octanol–water partition coefficient (Wildman–Crippen LogP) is 0.991. The fourth-order valence-electron chi connectivity index (χ4n) is 1.82. The third kappa shape index (κ3) is 2.05. The van der Waals surface area contributed by atoms with Gasteiger partial charge in [-0.2, -0.15) is 5.10 Å². The van der Waals surface area contributed by atoms with Crippen LogP contribution in [0.1, 0.15) is 26.3 Å². The molecule has 1 heterocycles. The number of aromatic nitrogens is 2. The van der Waals surface area contributed by atoms with Crippen molar-refractivity contribution >= 4 is 0 Å². The number of ether oxygens (including phenoxy) is 2. The van der Waals surface area contributed by atoms with Gasteiger partial charge in [0.1, 0.15) is 12.2 Å². The van der Waals surface area contributed by atoms with Crippen molar-refractivity contribution in [1.82, 2.24) is 9.78 Å². The van der Waals surface area contributed by atoms with E-state index in [0.717, 1.165) is 5.75 Å². The molecule has 0 radical (unpaired) electrons. The summed E-state index contributed by atoms with van der Waals surface area (Å²) in [6.45, 7) is 4.11. The van der Waals surface area contributed by atoms with Crippen LogP contribution in [0, 0.1) is 0 Å². The summed E-state index contributed by atoms with van der Waals surface area (Å²) in [5.41, 5.74) is 0. The van der Waals surface area contributed by atoms with Gasteiger partial charge in [-0.25, -0.2) is 0 Å². The molecule has 3 atom stereocenters. The first-order chi connectivity index (χ1) is 7.61. The van der Waals surface area contributed by atoms with Crippen molar-refractivity contribution in [2.24, 2.45) is 0 Å². The molecule has 1 aromatic heterocycles. The van der Waals surface area contributed by atoms with Gasteiger partial charge in [0.25, 0.3) is 0 Å². The van der Waals surface area contributed by atoms with Crippen LogP contribution in [0.4, 0.5) is 0 Å². The van der Waals surface area contributed by atoms with Gasteiger partial charge < -0.3 is 14.6 Å². The van der Waals surface area contributed by atoms with E-state index in [9.17, 15) is 5.11 Å². The maximum atomic E-state index is 9.42. The maximum absolute atomic E-state index is 9.42. The highest BCUT2D eigenvalue weighted by molar-refractivity contribution is 5.14. The Morgan fingerprint density at radius 2 is 2.31 bits per heavy atom. The summed E-state index contributed by atoms with van der Waals surface area (Å²) < 4.78 is 12.7. The van der Waals surface area contributed by atoms with E-state index >= 15 is 0 Å². The van der Waals surface area contributed by atoms with Crippen LogP contribution < -0.4 is 4.74 Å². The predicted molar refractivity (Wildman–Crippen MR) is 58.4 cm³/mol. The highest BCUT2D eigenvalue weighted by atomic mass is 16.6. The van der Waals surface area contributed by atoms with Gasteiger partial charge >= 0.3 is 0 Å². The molecule has 0 amide bonds. The van der Waals surface area contributed by atoms with Crippen molar-refractivity contribution in [3.63, 3.8) is 0 Å². The lowest BCUT2D eigenvalue weighted by molar-refractivity contribution is -0.149. The van der Waals surface area contributed by atoms with E-state index in [-0.39, 0.29) is 12.2 Å². The molecule has 2 rings (SSSR count). The van der Waals surface area contributed by atoms with E-state index in [4.69, 9.17) is 9.47 Å². The van der Waals surface area contributed by atoms with Gasteiger partial charge in [-0.15, -0.1) is 0 Å². The standard InChI is InChI=1S/C11H18N2O3/c1-7(2)13-6-8(5-12-13)16-10-4-9(14)11(10)15-3/h5-7,9-11,14H,4H2,1-3H3. The highest BCUT2D eigenvalue weighted by Gasteiger charge is 2.42. The fourth-order valence-corrected chi connectivity index (χ4v) is 1.82. The van der Waals surface area contributed by atoms with Gasteiger partial charge in [0.2, 0.25) is 0 Å². The summed E-state index contributed by atoms with van der Waals surface area (Å²) in [7, 11) is 1.58. The van der Waals surface area contributed by atoms with Crippen molar-refractivity contribution in [2.45, 2.75) is 44.6 Å². The molecular formula is C11H18N2O3. The zero-order valence-electron chi connectivity index (χ0n) is 9.83. The summed E-state index contributed by atoms with van der Waals surface area (Å²) in [5.74, 6) is 0.729. The lowest BCUT2D eigenvalue weighted by Crippen LogP contribution is -2.54. The number of nitrogens with zero attached hydrogens (tertiary/aromatic N) is 2. The van der Waals surface area contributed by atoms with E-state index in [0.29, 0.717) is 12.5 Å². The molecule has 0 aliphatic heterocycles. The van der Waals surface area contributed by atoms with Crippen molar-refractivity contribution in [3.05, 3.63) is 12.4 Å². The van der Waals surface area contributed by atoms with Gasteiger partial charge in [0, 0.05) is 19.6 Å². The molecule has 5 nitrogen and oxygen atoms in total. The van der Waals surface area contributed by atoms with Crippen LogP contribution in [0.15, 0.2) is 12.4 Å². The normalized spacial score (nSPS) is 29.2. The van der Waals surface area contributed by atoms with E-state index in [1.165, 1.54) is 0 Å². The Labute approximate surface area is 95.0 Å². The van der Waals surface area contributed by atoms with E-state index in [1.54, 1.807) is 13.3 Å². The molecule has 5 heteroatoms. The van der Waals surface area contributed by atoms with Gasteiger partial charge in [0.05, 0.1) is 18.5 Å². The Morgan fingerprint density at radius 3 is 2.81 bits per heavy atom. The third-order valence-corrected chi connectivity index (χ3v) is 2.89. The Hall–Kier alpha value is -1.07. The Morgan fingerprint density at radius 1 is 1.56 bits per heavy atom. The average Bonchev–Trinajstić information content (AvgIpc) is 2.66. The van der Waals surface area contributed by atoms with Crippen molar-refractivity contribution in [2.75, 3.05) is 7.11 Å². The summed E-state index contributed by atoms with van der Waals surface area (Å²) in [6.07, 6.45) is 3.48. The quantitative estimate of drug-likeness (QED) is 0.831. The minimum absolute atomic E-state index is 0.0650. The molecular weight excluding hydrogens is 208 g/mol. The third-order valence-electron chi connectivity index (χ3n) is 2.89. The second-order valence-electron chi connectivity index (χ2n) is 4.41. The summed E-state index contributed by atoms with van der Waals surface area (Å²) in [6, 6.07) is 0.322. The van der Waals surface area contributed by atoms with E-state index < -0.39 is 6.10 Å². The fraction of sp³-hybridized carbons (Fsp3) is 0.727. The molecule has 0 aromatic carbocycles. The first-order valence-electron chi connectivity index (χ1n) is 5.53. The van der Waals surface area contributed by atoms with Crippen LogP contribution in [0.5, 0.6) is 5.75 Å². The topological polar surface area (TPSA) is 56.5 Å². The van der Waals surface area contributed by atoms with Gasteiger partial charge in [-0.05, 0) is 13.8 Å². The smallest absolute Gasteiger partial charge is 0.157 e. The second kappa shape index (κ2) is 4.43. The van der Waals surface area contributed by atoms with Crippen LogP contribution in [-0.2, 0) is 4.74 Å². The monoisotopic (exact) mass is 226 g/mol. The molecule has 1 aliphatic rings. The Bertz CT molecular complexity index is 351. The lowest BCUT2D eigenvalue weighted by atomic mass is 9.88.